The number of fused-ring (bicyclic) bond motifs is 2. The van der Waals surface area contributed by atoms with Gasteiger partial charge in [-0.15, -0.1) is 11.3 Å². The number of hydrogen-bond donors (Lipinski definition) is 2. The fraction of sp³-hybridized carbons (Fsp3) is 0.269. The van der Waals surface area contributed by atoms with Crippen molar-refractivity contribution in [3.8, 4) is 22.9 Å². The Bertz CT molecular complexity index is 1340. The average Bonchev–Trinajstić information content (AvgIpc) is 3.48. The van der Waals surface area contributed by atoms with Gasteiger partial charge in [-0.1, -0.05) is 18.2 Å². The van der Waals surface area contributed by atoms with Crippen molar-refractivity contribution in [1.82, 2.24) is 10.2 Å². The first-order valence-corrected chi connectivity index (χ1v) is 11.6. The second kappa shape index (κ2) is 7.46. The van der Waals surface area contributed by atoms with E-state index in [0.717, 1.165) is 39.3 Å². The van der Waals surface area contributed by atoms with E-state index in [1.54, 1.807) is 31.6 Å². The van der Waals surface area contributed by atoms with Gasteiger partial charge in [0.1, 0.15) is 11.2 Å². The van der Waals surface area contributed by atoms with Crippen LogP contribution in [-0.4, -0.2) is 30.9 Å². The molecule has 7 heteroatoms. The van der Waals surface area contributed by atoms with Crippen LogP contribution in [0.1, 0.15) is 34.9 Å². The van der Waals surface area contributed by atoms with E-state index in [4.69, 9.17) is 10.1 Å². The molecule has 5 rings (SSSR count). The Labute approximate surface area is 196 Å². The molecule has 3 aromatic rings. The highest BCUT2D eigenvalue weighted by Gasteiger charge is 2.63. The molecular formula is C26H24N4O2S. The maximum Gasteiger partial charge on any atom is 0.242 e. The summed E-state index contributed by atoms with van der Waals surface area (Å²) in [6.07, 6.45) is 1.41. The van der Waals surface area contributed by atoms with Crippen LogP contribution >= 0.6 is 11.3 Å². The maximum absolute atomic E-state index is 13.9. The zero-order valence-corrected chi connectivity index (χ0v) is 19.5. The average molecular weight is 457 g/mol. The number of nitrogens with zero attached hydrogens (tertiary/aromatic N) is 2. The van der Waals surface area contributed by atoms with Crippen molar-refractivity contribution in [2.45, 2.75) is 30.7 Å². The molecule has 166 valence electrons. The van der Waals surface area contributed by atoms with Crippen LogP contribution in [0.5, 0.6) is 5.75 Å². The summed E-state index contributed by atoms with van der Waals surface area (Å²) in [6, 6.07) is 17.7. The first-order chi connectivity index (χ1) is 15.8. The number of likely N-dealkylation sites (N-methyl/N-ethyl adjacent to an activating group) is 1. The van der Waals surface area contributed by atoms with Crippen LogP contribution in [0.4, 0.5) is 0 Å². The van der Waals surface area contributed by atoms with Crippen LogP contribution in [0.25, 0.3) is 11.1 Å². The molecule has 2 aromatic carbocycles. The molecule has 0 unspecified atom stereocenters. The number of rotatable bonds is 3. The predicted molar refractivity (Wildman–Crippen MR) is 128 cm³/mol. The van der Waals surface area contributed by atoms with Crippen molar-refractivity contribution in [3.05, 3.63) is 75.5 Å². The van der Waals surface area contributed by atoms with Gasteiger partial charge in [-0.25, -0.2) is 0 Å². The molecule has 6 nitrogen and oxygen atoms in total. The number of methoxy groups -OCH3 is 1. The molecule has 0 radical (unpaired) electrons. The summed E-state index contributed by atoms with van der Waals surface area (Å²) in [5.41, 5.74) is 3.01. The summed E-state index contributed by atoms with van der Waals surface area (Å²) < 4.78 is 5.42. The van der Waals surface area contributed by atoms with Gasteiger partial charge in [0.2, 0.25) is 5.91 Å². The fourth-order valence-electron chi connectivity index (χ4n) is 5.34. The minimum absolute atomic E-state index is 0.0703. The number of aryl methyl sites for hydroxylation is 1. The number of thiophene rings is 1. The SMILES string of the molecule is COc1ccc2c(c1)CC[C@@]21C(=O)N(C)C(=N)N[C@]1(C)c1cc(-c2cccc(C#N)c2)cs1. The van der Waals surface area contributed by atoms with Gasteiger partial charge < -0.3 is 10.1 Å². The Hall–Kier alpha value is -3.63. The van der Waals surface area contributed by atoms with Crippen molar-refractivity contribution < 1.29 is 9.53 Å². The van der Waals surface area contributed by atoms with Gasteiger partial charge in [-0.05, 0) is 77.7 Å². The fourth-order valence-corrected chi connectivity index (χ4v) is 6.45. The molecule has 33 heavy (non-hydrogen) atoms. The lowest BCUT2D eigenvalue weighted by Crippen LogP contribution is -2.71. The second-order valence-electron chi connectivity index (χ2n) is 8.78. The Morgan fingerprint density at radius 2 is 2.03 bits per heavy atom. The van der Waals surface area contributed by atoms with E-state index < -0.39 is 11.0 Å². The van der Waals surface area contributed by atoms with Gasteiger partial charge in [-0.2, -0.15) is 5.26 Å². The largest absolute Gasteiger partial charge is 0.497 e. The highest BCUT2D eigenvalue weighted by Crippen LogP contribution is 2.55. The van der Waals surface area contributed by atoms with Crippen molar-refractivity contribution in [1.29, 1.82) is 10.7 Å². The normalized spacial score (nSPS) is 23.9. The van der Waals surface area contributed by atoms with Crippen LogP contribution in [-0.2, 0) is 22.2 Å². The topological polar surface area (TPSA) is 89.2 Å². The van der Waals surface area contributed by atoms with Gasteiger partial charge in [0.25, 0.3) is 0 Å². The Balaban J connectivity index is 1.68. The minimum Gasteiger partial charge on any atom is -0.497 e. The summed E-state index contributed by atoms with van der Waals surface area (Å²) in [6.45, 7) is 2.03. The van der Waals surface area contributed by atoms with Gasteiger partial charge in [0.05, 0.1) is 24.3 Å². The second-order valence-corrected chi connectivity index (χ2v) is 9.69. The maximum atomic E-state index is 13.9. The van der Waals surface area contributed by atoms with Gasteiger partial charge in [0.15, 0.2) is 5.96 Å². The molecule has 2 heterocycles. The third-order valence-corrected chi connectivity index (χ3v) is 8.34. The zero-order chi connectivity index (χ0) is 23.4. The standard InChI is InChI=1S/C26H24N4O2S/c1-25(22-13-19(15-33-22)17-6-4-5-16(11-17)14-27)26(23(31)30(2)24(28)29-25)10-9-18-12-20(32-3)7-8-21(18)26/h4-8,11-13,15H,9-10H2,1-3H3,(H2,28,29)/t25-,26+/m1/s1. The third kappa shape index (κ3) is 2.91. The highest BCUT2D eigenvalue weighted by molar-refractivity contribution is 7.10. The summed E-state index contributed by atoms with van der Waals surface area (Å²) >= 11 is 1.57. The predicted octanol–water partition coefficient (Wildman–Crippen LogP) is 4.39. The number of carbonyl (C=O) groups excluding carboxylic acids is 1. The smallest absolute Gasteiger partial charge is 0.242 e. The summed E-state index contributed by atoms with van der Waals surface area (Å²) in [7, 11) is 3.31. The quantitative estimate of drug-likeness (QED) is 0.612. The first-order valence-electron chi connectivity index (χ1n) is 10.8. The minimum atomic E-state index is -0.843. The zero-order valence-electron chi connectivity index (χ0n) is 18.7. The number of ether oxygens (including phenoxy) is 1. The number of benzene rings is 2. The van der Waals surface area contributed by atoms with Gasteiger partial charge in [0, 0.05) is 11.9 Å². The lowest BCUT2D eigenvalue weighted by molar-refractivity contribution is -0.138. The molecule has 1 aliphatic carbocycles. The van der Waals surface area contributed by atoms with E-state index in [1.165, 1.54) is 4.90 Å². The Morgan fingerprint density at radius 3 is 2.79 bits per heavy atom. The molecule has 1 aromatic heterocycles. The molecule has 1 amide bonds. The number of nitriles is 1. The molecule has 0 bridgehead atoms. The molecule has 1 fully saturated rings. The Kier molecular flexibility index (Phi) is 4.80. The monoisotopic (exact) mass is 456 g/mol. The number of hydrogen-bond acceptors (Lipinski definition) is 5. The first kappa shape index (κ1) is 21.2. The molecule has 1 aliphatic heterocycles. The van der Waals surface area contributed by atoms with E-state index in [1.807, 2.05) is 43.3 Å². The van der Waals surface area contributed by atoms with E-state index in [-0.39, 0.29) is 11.9 Å². The molecule has 2 aliphatic rings. The molecular weight excluding hydrogens is 432 g/mol. The van der Waals surface area contributed by atoms with E-state index in [2.05, 4.69) is 22.8 Å². The number of guanidine groups is 1. The van der Waals surface area contributed by atoms with E-state index in [9.17, 15) is 10.1 Å². The van der Waals surface area contributed by atoms with Crippen LogP contribution in [0.2, 0.25) is 0 Å². The lowest BCUT2D eigenvalue weighted by Gasteiger charge is -2.52. The third-order valence-electron chi connectivity index (χ3n) is 7.19. The molecule has 2 atom stereocenters. The molecule has 0 saturated carbocycles. The van der Waals surface area contributed by atoms with E-state index in [0.29, 0.717) is 12.0 Å². The van der Waals surface area contributed by atoms with Crippen molar-refractivity contribution >= 4 is 23.2 Å². The van der Waals surface area contributed by atoms with Crippen LogP contribution < -0.4 is 10.1 Å². The van der Waals surface area contributed by atoms with Crippen molar-refractivity contribution in [2.75, 3.05) is 14.2 Å². The Morgan fingerprint density at radius 1 is 1.21 bits per heavy atom. The number of amides is 1. The summed E-state index contributed by atoms with van der Waals surface area (Å²) in [5.74, 6) is 0.802. The molecule has 1 spiro atoms. The highest BCUT2D eigenvalue weighted by atomic mass is 32.1. The van der Waals surface area contributed by atoms with Gasteiger partial charge in [-0.3, -0.25) is 15.1 Å². The van der Waals surface area contributed by atoms with Crippen molar-refractivity contribution in [2.24, 2.45) is 0 Å². The lowest BCUT2D eigenvalue weighted by atomic mass is 9.63. The van der Waals surface area contributed by atoms with Crippen LogP contribution in [0.3, 0.4) is 0 Å². The number of nitrogens with one attached hydrogen (secondary N) is 2. The van der Waals surface area contributed by atoms with Crippen LogP contribution in [0, 0.1) is 16.7 Å². The van der Waals surface area contributed by atoms with Crippen molar-refractivity contribution in [3.63, 3.8) is 0 Å². The summed E-state index contributed by atoms with van der Waals surface area (Å²) in [4.78, 5) is 16.3. The summed E-state index contributed by atoms with van der Waals surface area (Å²) in [5, 5.41) is 23.2. The van der Waals surface area contributed by atoms with Gasteiger partial charge >= 0.3 is 0 Å². The van der Waals surface area contributed by atoms with Crippen LogP contribution in [0.15, 0.2) is 53.9 Å². The number of carbonyl (C=O) groups is 1. The molecule has 2 N–H and O–H groups in total. The van der Waals surface area contributed by atoms with E-state index >= 15 is 0 Å². The molecule has 1 saturated heterocycles.